The van der Waals surface area contributed by atoms with Gasteiger partial charge in [0.1, 0.15) is 16.9 Å². The first kappa shape index (κ1) is 18.8. The molecule has 1 unspecified atom stereocenters. The SMILES string of the molecule is Cc1c(OC(=O)C(C)Cl)ccc2c1O/C(=C\c1ccc(Cl)c(Cl)c1)C2=O. The highest BCUT2D eigenvalue weighted by atomic mass is 35.5. The molecule has 0 radical (unpaired) electrons. The third-order valence-electron chi connectivity index (χ3n) is 3.81. The molecule has 1 heterocycles. The van der Waals surface area contributed by atoms with E-state index in [1.54, 1.807) is 43.3 Å². The van der Waals surface area contributed by atoms with Gasteiger partial charge < -0.3 is 9.47 Å². The van der Waals surface area contributed by atoms with Crippen LogP contribution in [0.25, 0.3) is 6.08 Å². The number of Topliss-reactive ketones (excluding diaryl/α,β-unsaturated/α-hetero) is 1. The van der Waals surface area contributed by atoms with Crippen molar-refractivity contribution in [1.29, 1.82) is 0 Å². The van der Waals surface area contributed by atoms with E-state index in [4.69, 9.17) is 44.3 Å². The van der Waals surface area contributed by atoms with Gasteiger partial charge >= 0.3 is 5.97 Å². The molecular formula is C19H13Cl3O4. The smallest absolute Gasteiger partial charge is 0.329 e. The molecule has 3 rings (SSSR count). The number of benzene rings is 2. The van der Waals surface area contributed by atoms with Gasteiger partial charge in [0.2, 0.25) is 5.78 Å². The number of allylic oxidation sites excluding steroid dienone is 1. The fourth-order valence-corrected chi connectivity index (χ4v) is 2.77. The maximum absolute atomic E-state index is 12.6. The summed E-state index contributed by atoms with van der Waals surface area (Å²) in [5, 5.41) is 0.0199. The molecule has 0 fully saturated rings. The number of carbonyl (C=O) groups excluding carboxylic acids is 2. The molecule has 0 saturated carbocycles. The molecule has 0 N–H and O–H groups in total. The van der Waals surface area contributed by atoms with E-state index in [9.17, 15) is 9.59 Å². The number of hydrogen-bond acceptors (Lipinski definition) is 4. The van der Waals surface area contributed by atoms with E-state index < -0.39 is 11.3 Å². The molecule has 0 bridgehead atoms. The Bertz CT molecular complexity index is 948. The number of esters is 1. The number of alkyl halides is 1. The topological polar surface area (TPSA) is 52.6 Å². The van der Waals surface area contributed by atoms with Gasteiger partial charge in [0.15, 0.2) is 5.76 Å². The first-order chi connectivity index (χ1) is 12.3. The highest BCUT2D eigenvalue weighted by Gasteiger charge is 2.30. The normalized spacial score (nSPS) is 15.6. The highest BCUT2D eigenvalue weighted by molar-refractivity contribution is 6.42. The maximum Gasteiger partial charge on any atom is 0.329 e. The zero-order valence-corrected chi connectivity index (χ0v) is 16.1. The van der Waals surface area contributed by atoms with Crippen molar-refractivity contribution in [3.8, 4) is 11.5 Å². The van der Waals surface area contributed by atoms with Crippen molar-refractivity contribution in [2.45, 2.75) is 19.2 Å². The lowest BCUT2D eigenvalue weighted by Gasteiger charge is -2.10. The molecule has 1 aliphatic rings. The summed E-state index contributed by atoms with van der Waals surface area (Å²) in [5.41, 5.74) is 1.61. The van der Waals surface area contributed by atoms with Crippen LogP contribution >= 0.6 is 34.8 Å². The Kier molecular flexibility index (Phi) is 5.28. The second-order valence-electron chi connectivity index (χ2n) is 5.72. The van der Waals surface area contributed by atoms with Crippen LogP contribution in [0.15, 0.2) is 36.1 Å². The molecule has 0 aliphatic carbocycles. The van der Waals surface area contributed by atoms with Crippen molar-refractivity contribution < 1.29 is 19.1 Å². The second kappa shape index (κ2) is 7.31. The molecule has 26 heavy (non-hydrogen) atoms. The van der Waals surface area contributed by atoms with E-state index >= 15 is 0 Å². The predicted molar refractivity (Wildman–Crippen MR) is 102 cm³/mol. The number of ketones is 1. The molecule has 1 atom stereocenters. The molecule has 1 aliphatic heterocycles. The van der Waals surface area contributed by atoms with Crippen LogP contribution in [-0.2, 0) is 4.79 Å². The van der Waals surface area contributed by atoms with Gasteiger partial charge in [0.05, 0.1) is 15.6 Å². The molecule has 0 spiro atoms. The summed E-state index contributed by atoms with van der Waals surface area (Å²) >= 11 is 17.6. The Morgan fingerprint density at radius 1 is 1.19 bits per heavy atom. The second-order valence-corrected chi connectivity index (χ2v) is 7.18. The minimum atomic E-state index is -0.782. The van der Waals surface area contributed by atoms with E-state index in [-0.39, 0.29) is 11.5 Å². The van der Waals surface area contributed by atoms with Crippen molar-refractivity contribution in [2.24, 2.45) is 0 Å². The van der Waals surface area contributed by atoms with Crippen LogP contribution in [0.1, 0.15) is 28.4 Å². The maximum atomic E-state index is 12.6. The summed E-state index contributed by atoms with van der Waals surface area (Å²) in [5.74, 6) is -0.0438. The average molecular weight is 412 g/mol. The van der Waals surface area contributed by atoms with Crippen molar-refractivity contribution in [2.75, 3.05) is 0 Å². The molecule has 7 heteroatoms. The van der Waals surface area contributed by atoms with Gasteiger partial charge in [0.25, 0.3) is 0 Å². The fraction of sp³-hybridized carbons (Fsp3) is 0.158. The summed E-state index contributed by atoms with van der Waals surface area (Å²) in [6, 6.07) is 8.11. The van der Waals surface area contributed by atoms with Crippen LogP contribution < -0.4 is 9.47 Å². The number of carbonyl (C=O) groups is 2. The Hall–Kier alpha value is -2.01. The number of ether oxygens (including phenoxy) is 2. The zero-order valence-electron chi connectivity index (χ0n) is 13.8. The lowest BCUT2D eigenvalue weighted by atomic mass is 10.1. The van der Waals surface area contributed by atoms with Gasteiger partial charge in [-0.15, -0.1) is 11.6 Å². The summed E-state index contributed by atoms with van der Waals surface area (Å²) in [6.45, 7) is 3.22. The molecule has 0 saturated heterocycles. The van der Waals surface area contributed by atoms with Gasteiger partial charge in [-0.05, 0) is 49.8 Å². The van der Waals surface area contributed by atoms with Crippen LogP contribution in [0.2, 0.25) is 10.0 Å². The lowest BCUT2D eigenvalue weighted by molar-refractivity contribution is -0.133. The van der Waals surface area contributed by atoms with Crippen molar-refractivity contribution in [3.05, 3.63) is 62.8 Å². The average Bonchev–Trinajstić information content (AvgIpc) is 2.90. The van der Waals surface area contributed by atoms with Gasteiger partial charge in [0, 0.05) is 5.56 Å². The predicted octanol–water partition coefficient (Wildman–Crippen LogP) is 5.45. The van der Waals surface area contributed by atoms with Crippen LogP contribution in [-0.4, -0.2) is 17.1 Å². The Morgan fingerprint density at radius 2 is 1.92 bits per heavy atom. The first-order valence-electron chi connectivity index (χ1n) is 7.66. The Balaban J connectivity index is 1.93. The molecule has 2 aromatic carbocycles. The van der Waals surface area contributed by atoms with E-state index in [2.05, 4.69) is 0 Å². The molecular weight excluding hydrogens is 399 g/mol. The first-order valence-corrected chi connectivity index (χ1v) is 8.86. The van der Waals surface area contributed by atoms with Crippen LogP contribution in [0.5, 0.6) is 11.5 Å². The monoisotopic (exact) mass is 410 g/mol. The largest absolute Gasteiger partial charge is 0.452 e. The molecule has 2 aromatic rings. The van der Waals surface area contributed by atoms with Gasteiger partial charge in [-0.25, -0.2) is 0 Å². The van der Waals surface area contributed by atoms with Crippen LogP contribution in [0.4, 0.5) is 0 Å². The zero-order chi connectivity index (χ0) is 19.0. The molecule has 0 aromatic heterocycles. The molecule has 0 amide bonds. The third kappa shape index (κ3) is 3.58. The quantitative estimate of drug-likeness (QED) is 0.292. The van der Waals surface area contributed by atoms with E-state index in [0.29, 0.717) is 38.2 Å². The van der Waals surface area contributed by atoms with Gasteiger partial charge in [-0.3, -0.25) is 9.59 Å². The van der Waals surface area contributed by atoms with Crippen molar-refractivity contribution in [1.82, 2.24) is 0 Å². The Morgan fingerprint density at radius 3 is 2.58 bits per heavy atom. The van der Waals surface area contributed by atoms with Gasteiger partial charge in [-0.1, -0.05) is 29.3 Å². The molecule has 134 valence electrons. The lowest BCUT2D eigenvalue weighted by Crippen LogP contribution is -2.18. The number of fused-ring (bicyclic) bond motifs is 1. The minimum Gasteiger partial charge on any atom is -0.452 e. The number of hydrogen-bond donors (Lipinski definition) is 0. The van der Waals surface area contributed by atoms with Crippen molar-refractivity contribution >= 4 is 52.6 Å². The van der Waals surface area contributed by atoms with E-state index in [1.165, 1.54) is 6.92 Å². The van der Waals surface area contributed by atoms with E-state index in [1.807, 2.05) is 0 Å². The number of halogens is 3. The summed E-state index contributed by atoms with van der Waals surface area (Å²) in [4.78, 5) is 24.3. The number of rotatable bonds is 3. The molecule has 4 nitrogen and oxygen atoms in total. The van der Waals surface area contributed by atoms with Gasteiger partial charge in [-0.2, -0.15) is 0 Å². The minimum absolute atomic E-state index is 0.149. The summed E-state index contributed by atoms with van der Waals surface area (Å²) < 4.78 is 11.0. The van der Waals surface area contributed by atoms with Crippen LogP contribution in [0.3, 0.4) is 0 Å². The Labute approximate surface area is 165 Å². The van der Waals surface area contributed by atoms with Crippen molar-refractivity contribution in [3.63, 3.8) is 0 Å². The highest BCUT2D eigenvalue weighted by Crippen LogP contribution is 2.39. The summed E-state index contributed by atoms with van der Waals surface area (Å²) in [6.07, 6.45) is 1.58. The summed E-state index contributed by atoms with van der Waals surface area (Å²) in [7, 11) is 0. The van der Waals surface area contributed by atoms with Crippen LogP contribution in [0, 0.1) is 6.92 Å². The third-order valence-corrected chi connectivity index (χ3v) is 4.73. The van der Waals surface area contributed by atoms with E-state index in [0.717, 1.165) is 0 Å². The fourth-order valence-electron chi connectivity index (χ4n) is 2.42. The standard InChI is InChI=1S/C19H13Cl3O4/c1-9-15(26-19(24)10(2)20)6-4-12-17(23)16(25-18(9)12)8-11-3-5-13(21)14(22)7-11/h3-8,10H,1-2H3/b16-8-.